The predicted molar refractivity (Wildman–Crippen MR) is 191 cm³/mol. The Bertz CT molecular complexity index is 1970. The van der Waals surface area contributed by atoms with Gasteiger partial charge in [-0.05, 0) is 88.7 Å². The molecule has 0 aliphatic carbocycles. The Hall–Kier alpha value is -5.92. The number of methoxy groups -OCH3 is 5. The first kappa shape index (κ1) is 37.9. The highest BCUT2D eigenvalue weighted by molar-refractivity contribution is 6.08. The van der Waals surface area contributed by atoms with Gasteiger partial charge in [-0.2, -0.15) is 0 Å². The molecule has 3 aromatic carbocycles. The minimum atomic E-state index is -0.843. The normalized spacial score (nSPS) is 11.0. The van der Waals surface area contributed by atoms with E-state index in [0.717, 1.165) is 0 Å². The number of carbonyl (C=O) groups excluding carboxylic acids is 3. The van der Waals surface area contributed by atoms with Crippen LogP contribution >= 0.6 is 0 Å². The molecule has 4 rings (SSSR count). The Morgan fingerprint density at radius 1 is 0.765 bits per heavy atom. The summed E-state index contributed by atoms with van der Waals surface area (Å²) >= 11 is 0. The van der Waals surface area contributed by atoms with Gasteiger partial charge < -0.3 is 38.1 Å². The first-order valence-corrected chi connectivity index (χ1v) is 16.0. The topological polar surface area (TPSA) is 153 Å². The van der Waals surface area contributed by atoms with Crippen LogP contribution in [0.15, 0.2) is 53.3 Å². The first-order valence-electron chi connectivity index (χ1n) is 16.0. The van der Waals surface area contributed by atoms with Gasteiger partial charge >= 0.3 is 18.2 Å². The molecule has 4 aromatic rings. The summed E-state index contributed by atoms with van der Waals surface area (Å²) in [7, 11) is 6.96. The lowest BCUT2D eigenvalue weighted by Crippen LogP contribution is -2.33. The zero-order valence-electron chi connectivity index (χ0n) is 30.4. The number of hydrogen-bond donors (Lipinski definition) is 1. The van der Waals surface area contributed by atoms with E-state index in [9.17, 15) is 19.2 Å². The molecule has 0 aliphatic heterocycles. The summed E-state index contributed by atoms with van der Waals surface area (Å²) < 4.78 is 40.0. The van der Waals surface area contributed by atoms with E-state index in [2.05, 4.69) is 5.32 Å². The molecule has 0 bridgehead atoms. The second-order valence-electron chi connectivity index (χ2n) is 12.0. The highest BCUT2D eigenvalue weighted by Gasteiger charge is 2.29. The molecule has 0 unspecified atom stereocenters. The van der Waals surface area contributed by atoms with Crippen molar-refractivity contribution in [3.05, 3.63) is 64.6 Å². The second-order valence-corrected chi connectivity index (χ2v) is 12.0. The number of nitrogens with zero attached hydrogens (tertiary/aromatic N) is 2. The van der Waals surface area contributed by atoms with Gasteiger partial charge in [-0.15, -0.1) is 0 Å². The molecular weight excluding hydrogens is 662 g/mol. The van der Waals surface area contributed by atoms with E-state index in [1.54, 1.807) is 57.2 Å². The molecule has 0 fully saturated rings. The molecule has 0 aliphatic rings. The number of nitrogens with one attached hydrogen (secondary N) is 1. The molecule has 0 radical (unpaired) electrons. The van der Waals surface area contributed by atoms with Crippen LogP contribution in [0.1, 0.15) is 45.1 Å². The van der Waals surface area contributed by atoms with E-state index >= 15 is 0 Å². The maximum atomic E-state index is 14.6. The molecule has 0 spiro atoms. The van der Waals surface area contributed by atoms with Crippen LogP contribution in [0.5, 0.6) is 28.7 Å². The number of pyridine rings is 1. The number of amides is 2. The standard InChI is InChI=1S/C37H43N3O11/c1-11-39(12-2)36(44)50-27-20-25-24(19-26(27)45-6)30(21-17-28(46-7)32(48-9)29(18-21)47-8)31(34(42)49-10)40(33(25)41)23-15-13-22(14-16-23)38-35(43)51-37(3,4)5/h13-20H,11-12H2,1-10H3,(H,38,43). The molecule has 1 aromatic heterocycles. The van der Waals surface area contributed by atoms with Crippen molar-refractivity contribution >= 4 is 34.6 Å². The summed E-state index contributed by atoms with van der Waals surface area (Å²) in [5.74, 6) is 0.138. The van der Waals surface area contributed by atoms with Gasteiger partial charge in [-0.1, -0.05) is 0 Å². The lowest BCUT2D eigenvalue weighted by atomic mass is 9.95. The zero-order chi connectivity index (χ0) is 37.6. The molecule has 51 heavy (non-hydrogen) atoms. The highest BCUT2D eigenvalue weighted by Crippen LogP contribution is 2.45. The van der Waals surface area contributed by atoms with Crippen LogP contribution in [-0.2, 0) is 9.47 Å². The van der Waals surface area contributed by atoms with Crippen LogP contribution in [0, 0.1) is 0 Å². The van der Waals surface area contributed by atoms with Crippen molar-refractivity contribution in [1.29, 1.82) is 0 Å². The van der Waals surface area contributed by atoms with Gasteiger partial charge in [0.15, 0.2) is 23.0 Å². The third-order valence-corrected chi connectivity index (χ3v) is 7.79. The van der Waals surface area contributed by atoms with Gasteiger partial charge in [0.2, 0.25) is 5.75 Å². The minimum absolute atomic E-state index is 0.0101. The Labute approximate surface area is 295 Å². The fraction of sp³-hybridized carbons (Fsp3) is 0.351. The summed E-state index contributed by atoms with van der Waals surface area (Å²) in [6, 6.07) is 12.4. The Kier molecular flexibility index (Phi) is 11.7. The number of anilines is 1. The van der Waals surface area contributed by atoms with Crippen LogP contribution in [0.25, 0.3) is 27.6 Å². The van der Waals surface area contributed by atoms with Crippen molar-refractivity contribution in [1.82, 2.24) is 9.47 Å². The molecule has 0 atom stereocenters. The lowest BCUT2D eigenvalue weighted by molar-refractivity contribution is 0.0589. The van der Waals surface area contributed by atoms with Crippen LogP contribution < -0.4 is 34.6 Å². The molecule has 272 valence electrons. The van der Waals surface area contributed by atoms with Crippen molar-refractivity contribution in [3.63, 3.8) is 0 Å². The van der Waals surface area contributed by atoms with Crippen LogP contribution in [-0.4, -0.2) is 81.9 Å². The summed E-state index contributed by atoms with van der Waals surface area (Å²) in [6.45, 7) is 9.64. The van der Waals surface area contributed by atoms with Gasteiger partial charge in [0.1, 0.15) is 11.3 Å². The highest BCUT2D eigenvalue weighted by atomic mass is 16.6. The smallest absolute Gasteiger partial charge is 0.415 e. The van der Waals surface area contributed by atoms with Crippen molar-refractivity contribution in [3.8, 4) is 45.6 Å². The Balaban J connectivity index is 2.12. The van der Waals surface area contributed by atoms with Gasteiger partial charge in [0.25, 0.3) is 5.56 Å². The number of hydrogen-bond acceptors (Lipinski definition) is 11. The molecule has 14 nitrogen and oxygen atoms in total. The maximum Gasteiger partial charge on any atom is 0.415 e. The molecule has 14 heteroatoms. The van der Waals surface area contributed by atoms with Gasteiger partial charge in [0.05, 0.1) is 40.9 Å². The zero-order valence-corrected chi connectivity index (χ0v) is 30.4. The van der Waals surface area contributed by atoms with E-state index in [0.29, 0.717) is 30.1 Å². The van der Waals surface area contributed by atoms with Gasteiger partial charge in [0, 0.05) is 35.4 Å². The summed E-state index contributed by atoms with van der Waals surface area (Å²) in [4.78, 5) is 55.4. The molecule has 2 amide bonds. The van der Waals surface area contributed by atoms with Crippen LogP contribution in [0.3, 0.4) is 0 Å². The molecule has 1 N–H and O–H groups in total. The number of fused-ring (bicyclic) bond motifs is 1. The monoisotopic (exact) mass is 705 g/mol. The molecule has 0 saturated carbocycles. The third kappa shape index (κ3) is 7.95. The Morgan fingerprint density at radius 2 is 1.33 bits per heavy atom. The average molecular weight is 706 g/mol. The summed E-state index contributed by atoms with van der Waals surface area (Å²) in [5.41, 5.74) is -0.245. The lowest BCUT2D eigenvalue weighted by Gasteiger charge is -2.22. The van der Waals surface area contributed by atoms with E-state index in [-0.39, 0.29) is 50.7 Å². The van der Waals surface area contributed by atoms with Crippen LogP contribution in [0.4, 0.5) is 15.3 Å². The quantitative estimate of drug-likeness (QED) is 0.167. The number of rotatable bonds is 11. The van der Waals surface area contributed by atoms with E-state index in [1.165, 1.54) is 57.1 Å². The van der Waals surface area contributed by atoms with Crippen molar-refractivity contribution in [2.45, 2.75) is 40.2 Å². The number of carbonyl (C=O) groups is 3. The summed E-state index contributed by atoms with van der Waals surface area (Å²) in [5, 5.41) is 3.00. The minimum Gasteiger partial charge on any atom is -0.493 e. The van der Waals surface area contributed by atoms with Gasteiger partial charge in [-0.25, -0.2) is 14.4 Å². The fourth-order valence-corrected chi connectivity index (χ4v) is 5.45. The van der Waals surface area contributed by atoms with Crippen molar-refractivity contribution < 1.29 is 47.5 Å². The van der Waals surface area contributed by atoms with Crippen molar-refractivity contribution in [2.75, 3.05) is 54.0 Å². The van der Waals surface area contributed by atoms with Crippen molar-refractivity contribution in [2.24, 2.45) is 0 Å². The number of esters is 1. The number of benzene rings is 3. The van der Waals surface area contributed by atoms with E-state index in [1.807, 2.05) is 13.8 Å². The van der Waals surface area contributed by atoms with Gasteiger partial charge in [-0.3, -0.25) is 14.7 Å². The first-order chi connectivity index (χ1) is 24.2. The molecular formula is C37H43N3O11. The van der Waals surface area contributed by atoms with E-state index in [4.69, 9.17) is 33.2 Å². The average Bonchev–Trinajstić information content (AvgIpc) is 3.10. The Morgan fingerprint density at radius 3 is 1.82 bits per heavy atom. The number of ether oxygens (including phenoxy) is 7. The molecule has 1 heterocycles. The van der Waals surface area contributed by atoms with Crippen LogP contribution in [0.2, 0.25) is 0 Å². The number of aromatic nitrogens is 1. The third-order valence-electron chi connectivity index (χ3n) is 7.79. The maximum absolute atomic E-state index is 14.6. The fourth-order valence-electron chi connectivity index (χ4n) is 5.45. The largest absolute Gasteiger partial charge is 0.493 e. The van der Waals surface area contributed by atoms with E-state index < -0.39 is 29.3 Å². The second kappa shape index (κ2) is 15.7. The molecule has 0 saturated heterocycles. The predicted octanol–water partition coefficient (Wildman–Crippen LogP) is 6.67. The summed E-state index contributed by atoms with van der Waals surface area (Å²) in [6.07, 6.45) is -1.30. The SMILES string of the molecule is CCN(CC)C(=O)Oc1cc2c(=O)n(-c3ccc(NC(=O)OC(C)(C)C)cc3)c(C(=O)OC)c(-c3cc(OC)c(OC)c(OC)c3)c2cc1OC.